The van der Waals surface area contributed by atoms with Gasteiger partial charge in [-0.3, -0.25) is 9.59 Å². The zero-order valence-electron chi connectivity index (χ0n) is 19.5. The molecule has 0 saturated heterocycles. The summed E-state index contributed by atoms with van der Waals surface area (Å²) in [5, 5.41) is 3.07. The molecule has 0 bridgehead atoms. The minimum atomic E-state index is -0.584. The van der Waals surface area contributed by atoms with E-state index in [1.54, 1.807) is 30.2 Å². The van der Waals surface area contributed by atoms with E-state index in [1.807, 2.05) is 42.5 Å². The molecule has 3 aromatic carbocycles. The van der Waals surface area contributed by atoms with Crippen LogP contribution in [0.4, 0.5) is 4.39 Å². The highest BCUT2D eigenvalue weighted by molar-refractivity contribution is 6.01. The van der Waals surface area contributed by atoms with E-state index >= 15 is 0 Å². The topological polar surface area (TPSA) is 58.6 Å². The summed E-state index contributed by atoms with van der Waals surface area (Å²) in [4.78, 5) is 29.0. The van der Waals surface area contributed by atoms with E-state index < -0.39 is 12.0 Å². The van der Waals surface area contributed by atoms with Crippen LogP contribution in [-0.2, 0) is 11.3 Å². The number of halogens is 1. The molecule has 176 valence electrons. The molecule has 2 amide bonds. The molecular formula is C28H29FN2O3. The van der Waals surface area contributed by atoms with Crippen molar-refractivity contribution in [3.63, 3.8) is 0 Å². The van der Waals surface area contributed by atoms with Crippen molar-refractivity contribution >= 4 is 11.8 Å². The minimum Gasteiger partial charge on any atom is -0.497 e. The summed E-state index contributed by atoms with van der Waals surface area (Å²) in [5.74, 6) is -0.490. The van der Waals surface area contributed by atoms with E-state index in [-0.39, 0.29) is 24.2 Å². The van der Waals surface area contributed by atoms with Crippen LogP contribution in [0.5, 0.6) is 5.75 Å². The number of fused-ring (bicyclic) bond motifs is 1. The fourth-order valence-electron chi connectivity index (χ4n) is 4.51. The quantitative estimate of drug-likeness (QED) is 0.468. The van der Waals surface area contributed by atoms with Crippen molar-refractivity contribution in [1.29, 1.82) is 0 Å². The van der Waals surface area contributed by atoms with Crippen LogP contribution in [0.15, 0.2) is 72.8 Å². The lowest BCUT2D eigenvalue weighted by atomic mass is 9.79. The molecule has 3 aromatic rings. The van der Waals surface area contributed by atoms with Crippen molar-refractivity contribution in [3.05, 3.63) is 101 Å². The van der Waals surface area contributed by atoms with Gasteiger partial charge in [-0.1, -0.05) is 55.8 Å². The first-order valence-corrected chi connectivity index (χ1v) is 11.6. The van der Waals surface area contributed by atoms with E-state index in [1.165, 1.54) is 12.1 Å². The highest BCUT2D eigenvalue weighted by Crippen LogP contribution is 2.44. The smallest absolute Gasteiger partial charge is 0.255 e. The molecule has 1 heterocycles. The number of rotatable bonds is 8. The summed E-state index contributed by atoms with van der Waals surface area (Å²) in [5.41, 5.74) is 2.86. The van der Waals surface area contributed by atoms with Crippen molar-refractivity contribution in [2.75, 3.05) is 13.7 Å². The molecule has 1 N–H and O–H groups in total. The van der Waals surface area contributed by atoms with Crippen molar-refractivity contribution in [2.24, 2.45) is 0 Å². The first kappa shape index (κ1) is 23.5. The molecule has 1 aliphatic rings. The van der Waals surface area contributed by atoms with Gasteiger partial charge in [0.15, 0.2) is 0 Å². The standard InChI is InChI=1S/C28H29FN2O3/c1-3-4-17-30-27(32)25-23-7-5-6-8-24(23)28(33)31(18-19-9-13-21(29)14-10-19)26(25)20-11-15-22(34-2)16-12-20/h5-16,25-26H,3-4,17-18H2,1-2H3,(H,30,32). The Morgan fingerprint density at radius 1 is 1.03 bits per heavy atom. The van der Waals surface area contributed by atoms with E-state index in [4.69, 9.17) is 4.74 Å². The third-order valence-corrected chi connectivity index (χ3v) is 6.27. The number of ether oxygens (including phenoxy) is 1. The second kappa shape index (κ2) is 10.5. The van der Waals surface area contributed by atoms with Crippen molar-refractivity contribution in [1.82, 2.24) is 10.2 Å². The van der Waals surface area contributed by atoms with Crippen LogP contribution < -0.4 is 10.1 Å². The Morgan fingerprint density at radius 3 is 2.41 bits per heavy atom. The van der Waals surface area contributed by atoms with E-state index in [9.17, 15) is 14.0 Å². The van der Waals surface area contributed by atoms with E-state index in [0.29, 0.717) is 17.9 Å². The first-order chi connectivity index (χ1) is 16.5. The fraction of sp³-hybridized carbons (Fsp3) is 0.286. The Kier molecular flexibility index (Phi) is 7.26. The number of carbonyl (C=O) groups is 2. The van der Waals surface area contributed by atoms with Gasteiger partial charge < -0.3 is 15.0 Å². The summed E-state index contributed by atoms with van der Waals surface area (Å²) in [6.07, 6.45) is 1.85. The average Bonchev–Trinajstić information content (AvgIpc) is 2.87. The average molecular weight is 461 g/mol. The van der Waals surface area contributed by atoms with Gasteiger partial charge in [-0.15, -0.1) is 0 Å². The van der Waals surface area contributed by atoms with Crippen LogP contribution in [0.1, 0.15) is 58.8 Å². The van der Waals surface area contributed by atoms with Gasteiger partial charge in [0, 0.05) is 18.7 Å². The zero-order valence-corrected chi connectivity index (χ0v) is 19.5. The van der Waals surface area contributed by atoms with Gasteiger partial charge in [0.05, 0.1) is 19.1 Å². The molecule has 0 aliphatic carbocycles. The van der Waals surface area contributed by atoms with Gasteiger partial charge in [0.2, 0.25) is 5.91 Å². The number of nitrogens with one attached hydrogen (secondary N) is 1. The molecule has 6 heteroatoms. The number of methoxy groups -OCH3 is 1. The molecule has 0 aromatic heterocycles. The maximum absolute atomic E-state index is 13.7. The number of hydrogen-bond donors (Lipinski definition) is 1. The predicted octanol–water partition coefficient (Wildman–Crippen LogP) is 5.23. The van der Waals surface area contributed by atoms with Gasteiger partial charge in [-0.25, -0.2) is 4.39 Å². The SMILES string of the molecule is CCCCNC(=O)C1c2ccccc2C(=O)N(Cc2ccc(F)cc2)C1c1ccc(OC)cc1. The summed E-state index contributed by atoms with van der Waals surface area (Å²) in [6, 6.07) is 20.4. The summed E-state index contributed by atoms with van der Waals surface area (Å²) >= 11 is 0. The molecule has 0 radical (unpaired) electrons. The van der Waals surface area contributed by atoms with Gasteiger partial charge in [-0.2, -0.15) is 0 Å². The largest absolute Gasteiger partial charge is 0.497 e. The third kappa shape index (κ3) is 4.81. The van der Waals surface area contributed by atoms with Crippen molar-refractivity contribution < 1.29 is 18.7 Å². The Labute approximate surface area is 199 Å². The molecule has 1 aliphatic heterocycles. The summed E-state index contributed by atoms with van der Waals surface area (Å²) in [7, 11) is 1.60. The Balaban J connectivity index is 1.82. The van der Waals surface area contributed by atoms with Crippen LogP contribution in [0.3, 0.4) is 0 Å². The Bertz CT molecular complexity index is 1150. The van der Waals surface area contributed by atoms with Crippen molar-refractivity contribution in [3.8, 4) is 5.75 Å². The van der Waals surface area contributed by atoms with E-state index in [0.717, 1.165) is 29.5 Å². The van der Waals surface area contributed by atoms with Crippen LogP contribution >= 0.6 is 0 Å². The minimum absolute atomic E-state index is 0.113. The number of benzene rings is 3. The molecule has 4 rings (SSSR count). The lowest BCUT2D eigenvalue weighted by Crippen LogP contribution is -2.47. The fourth-order valence-corrected chi connectivity index (χ4v) is 4.51. The number of hydrogen-bond acceptors (Lipinski definition) is 3. The maximum atomic E-state index is 13.7. The van der Waals surface area contributed by atoms with Gasteiger partial charge in [0.25, 0.3) is 5.91 Å². The molecule has 0 fully saturated rings. The van der Waals surface area contributed by atoms with Crippen LogP contribution in [-0.4, -0.2) is 30.4 Å². The third-order valence-electron chi connectivity index (χ3n) is 6.27. The number of nitrogens with zero attached hydrogens (tertiary/aromatic N) is 1. The number of carbonyl (C=O) groups excluding carboxylic acids is 2. The van der Waals surface area contributed by atoms with E-state index in [2.05, 4.69) is 12.2 Å². The number of unbranched alkanes of at least 4 members (excludes halogenated alkanes) is 1. The first-order valence-electron chi connectivity index (χ1n) is 11.6. The molecule has 5 nitrogen and oxygen atoms in total. The second-order valence-corrected chi connectivity index (χ2v) is 8.49. The molecule has 0 saturated carbocycles. The molecule has 2 unspecified atom stereocenters. The van der Waals surface area contributed by atoms with Crippen LogP contribution in [0, 0.1) is 5.82 Å². The monoisotopic (exact) mass is 460 g/mol. The molecule has 0 spiro atoms. The second-order valence-electron chi connectivity index (χ2n) is 8.49. The maximum Gasteiger partial charge on any atom is 0.255 e. The van der Waals surface area contributed by atoms with Gasteiger partial charge in [-0.05, 0) is 53.4 Å². The van der Waals surface area contributed by atoms with Crippen LogP contribution in [0.25, 0.3) is 0 Å². The predicted molar refractivity (Wildman–Crippen MR) is 129 cm³/mol. The van der Waals surface area contributed by atoms with Crippen molar-refractivity contribution in [2.45, 2.75) is 38.3 Å². The molecular weight excluding hydrogens is 431 g/mol. The molecule has 2 atom stereocenters. The number of amides is 2. The molecule has 34 heavy (non-hydrogen) atoms. The van der Waals surface area contributed by atoms with Gasteiger partial charge in [0.1, 0.15) is 11.6 Å². The summed E-state index contributed by atoms with van der Waals surface area (Å²) < 4.78 is 18.8. The Hall–Kier alpha value is -3.67. The lowest BCUT2D eigenvalue weighted by Gasteiger charge is -2.42. The van der Waals surface area contributed by atoms with Gasteiger partial charge >= 0.3 is 0 Å². The van der Waals surface area contributed by atoms with Crippen LogP contribution in [0.2, 0.25) is 0 Å². The Morgan fingerprint density at radius 2 is 1.74 bits per heavy atom. The lowest BCUT2D eigenvalue weighted by molar-refractivity contribution is -0.124. The normalized spacial score (nSPS) is 17.3. The zero-order chi connectivity index (χ0) is 24.1. The highest BCUT2D eigenvalue weighted by atomic mass is 19.1. The highest BCUT2D eigenvalue weighted by Gasteiger charge is 2.44. The summed E-state index contributed by atoms with van der Waals surface area (Å²) in [6.45, 7) is 2.91.